The molecule has 4 aromatic rings. The van der Waals surface area contributed by atoms with Gasteiger partial charge in [-0.15, -0.1) is 5.10 Å². The van der Waals surface area contributed by atoms with Gasteiger partial charge in [0.25, 0.3) is 0 Å². The Kier molecular flexibility index (Phi) is 57.3. The highest BCUT2D eigenvalue weighted by Crippen LogP contribution is 2.24. The molecule has 2 aromatic heterocycles. The van der Waals surface area contributed by atoms with Crippen LogP contribution >= 0.6 is 0 Å². The number of aromatic amines is 2. The summed E-state index contributed by atoms with van der Waals surface area (Å²) < 4.78 is 10.8. The molecule has 2 aromatic carbocycles. The number of hydrogen-bond acceptors (Lipinski definition) is 29. The summed E-state index contributed by atoms with van der Waals surface area (Å²) in [6, 6.07) is -3.91. The minimum absolute atomic E-state index is 0. The number of carbonyl (C=O) groups is 19. The second-order valence-corrected chi connectivity index (χ2v) is 35.6. The summed E-state index contributed by atoms with van der Waals surface area (Å²) in [5.74, 6) is -20.0. The zero-order valence-electron chi connectivity index (χ0n) is 81.8. The first kappa shape index (κ1) is 122. The highest BCUT2D eigenvalue weighted by Gasteiger charge is 2.45. The maximum absolute atomic E-state index is 15.4. The van der Waals surface area contributed by atoms with Crippen molar-refractivity contribution >= 4 is 129 Å². The number of ether oxygens (including phenoxy) is 2. The third-order valence-electron chi connectivity index (χ3n) is 23.8. The maximum Gasteiger partial charge on any atom is 0.317 e. The zero-order valence-corrected chi connectivity index (χ0v) is 81.8. The number of aliphatic hydroxyl groups excluding tert-OH is 3. The van der Waals surface area contributed by atoms with Crippen LogP contribution in [-0.2, 0) is 120 Å². The number of primary amides is 2. The molecule has 0 spiro atoms. The number of aliphatic hydroxyl groups is 3. The van der Waals surface area contributed by atoms with E-state index in [0.29, 0.717) is 39.8 Å². The Labute approximate surface area is 845 Å². The fourth-order valence-electron chi connectivity index (χ4n) is 16.0. The molecule has 4 heterocycles. The Morgan fingerprint density at radius 3 is 1.79 bits per heavy atom. The van der Waals surface area contributed by atoms with E-state index in [4.69, 9.17) is 32.1 Å². The number of para-hydroxylation sites is 1. The van der Waals surface area contributed by atoms with Crippen LogP contribution in [0.2, 0.25) is 0 Å². The number of fused-ring (bicyclic) bond motifs is 2. The van der Waals surface area contributed by atoms with Crippen molar-refractivity contribution in [3.8, 4) is 0 Å². The van der Waals surface area contributed by atoms with Crippen molar-refractivity contribution in [1.82, 2.24) is 115 Å². The summed E-state index contributed by atoms with van der Waals surface area (Å²) in [6.45, 7) is -6.36. The summed E-state index contributed by atoms with van der Waals surface area (Å²) in [5.41, 5.74) is 18.6. The van der Waals surface area contributed by atoms with Gasteiger partial charge in [0.1, 0.15) is 78.9 Å². The number of guanidine groups is 1. The monoisotopic (exact) mass is 2060 g/mol. The summed E-state index contributed by atoms with van der Waals surface area (Å²) >= 11 is 0. The second-order valence-electron chi connectivity index (χ2n) is 35.6. The van der Waals surface area contributed by atoms with Crippen LogP contribution in [0.15, 0.2) is 60.8 Å². The van der Waals surface area contributed by atoms with Gasteiger partial charge in [0, 0.05) is 94.8 Å². The van der Waals surface area contributed by atoms with Gasteiger partial charge in [-0.25, -0.2) is 5.10 Å². The van der Waals surface area contributed by atoms with Crippen molar-refractivity contribution < 1.29 is 126 Å². The average molecular weight is 2060 g/mol. The molecule has 17 amide bonds. The molecule has 0 saturated carbocycles. The summed E-state index contributed by atoms with van der Waals surface area (Å²) in [6.07, 6.45) is 12.9. The Balaban J connectivity index is 0.0000375. The molecule has 2 aliphatic rings. The average Bonchev–Trinajstić information content (AvgIpc) is 1.65. The number of aryl methyl sites for hydroxylation is 1. The predicted octanol–water partition coefficient (Wildman–Crippen LogP) is -5.26. The lowest BCUT2D eigenvalue weighted by Gasteiger charge is -2.31. The molecular weight excluding hydrogens is 1910 g/mol. The van der Waals surface area contributed by atoms with E-state index in [-0.39, 0.29) is 111 Å². The number of nitrogens with one attached hydrogen (secondary N) is 18. The van der Waals surface area contributed by atoms with Gasteiger partial charge in [0.2, 0.25) is 100 Å². The molecule has 0 radical (unpaired) electrons. The smallest absolute Gasteiger partial charge is 0.317 e. The van der Waals surface area contributed by atoms with Gasteiger partial charge < -0.3 is 142 Å². The molecule has 2 aliphatic heterocycles. The van der Waals surface area contributed by atoms with Crippen molar-refractivity contribution in [2.45, 2.75) is 280 Å². The fraction of sp³-hybridized carbons (Fsp3) is 0.628. The summed E-state index contributed by atoms with van der Waals surface area (Å²) in [7, 11) is 0. The van der Waals surface area contributed by atoms with E-state index in [0.717, 1.165) is 55.7 Å². The highest BCUT2D eigenvalue weighted by molar-refractivity contribution is 6.01. The van der Waals surface area contributed by atoms with Crippen LogP contribution in [0, 0.1) is 5.41 Å². The third-order valence-corrected chi connectivity index (χ3v) is 23.8. The third kappa shape index (κ3) is 47.7. The lowest BCUT2D eigenvalue weighted by atomic mass is 10.0. The number of hydrogen-bond donors (Lipinski definition) is 26. The predicted molar refractivity (Wildman–Crippen MR) is 526 cm³/mol. The summed E-state index contributed by atoms with van der Waals surface area (Å²) in [4.78, 5) is 267. The lowest BCUT2D eigenvalue weighted by Crippen LogP contribution is -2.62. The van der Waals surface area contributed by atoms with Crippen molar-refractivity contribution in [2.75, 3.05) is 98.5 Å². The Hall–Kier alpha value is -14.0. The Bertz CT molecular complexity index is 4850. The molecule has 29 N–H and O–H groups in total. The molecule has 52 heteroatoms. The number of aliphatic carboxylic acids is 2. The maximum atomic E-state index is 15.4. The number of carboxylic acids is 2. The number of nitrogens with two attached hydrogens (primary N) is 3. The van der Waals surface area contributed by atoms with Crippen LogP contribution in [-0.4, -0.2) is 350 Å². The van der Waals surface area contributed by atoms with E-state index in [1.54, 1.807) is 67.7 Å². The van der Waals surface area contributed by atoms with Gasteiger partial charge >= 0.3 is 11.9 Å². The van der Waals surface area contributed by atoms with E-state index < -0.39 is 276 Å². The zero-order chi connectivity index (χ0) is 106. The lowest BCUT2D eigenvalue weighted by molar-refractivity contribution is -0.143. The number of carbonyl (C=O) groups excluding carboxylic acids is 17. The van der Waals surface area contributed by atoms with E-state index in [1.165, 1.54) is 44.9 Å². The van der Waals surface area contributed by atoms with Gasteiger partial charge in [-0.05, 0) is 91.8 Å². The summed E-state index contributed by atoms with van der Waals surface area (Å²) in [5, 5.41) is 111. The number of amides is 17. The molecule has 146 heavy (non-hydrogen) atoms. The number of unbranched alkanes of at least 4 members (excludes halogenated alkanes) is 13. The normalized spacial score (nSPS) is 18.1. The van der Waals surface area contributed by atoms with E-state index in [1.807, 2.05) is 0 Å². The number of nitrogens with zero attached hydrogens (tertiary/aromatic N) is 5. The van der Waals surface area contributed by atoms with Gasteiger partial charge in [0.15, 0.2) is 5.96 Å². The molecule has 810 valence electrons. The van der Waals surface area contributed by atoms with Crippen molar-refractivity contribution in [1.29, 1.82) is 5.41 Å². The Morgan fingerprint density at radius 2 is 1.15 bits per heavy atom. The molecule has 0 bridgehead atoms. The quantitative estimate of drug-likeness (QED) is 0.0112. The number of H-pyrrole nitrogens is 2. The number of benzene rings is 2. The van der Waals surface area contributed by atoms with Gasteiger partial charge in [-0.3, -0.25) is 101 Å². The van der Waals surface area contributed by atoms with Crippen molar-refractivity contribution in [2.24, 2.45) is 17.2 Å². The fourth-order valence-corrected chi connectivity index (χ4v) is 16.0. The molecule has 0 unspecified atom stereocenters. The van der Waals surface area contributed by atoms with Crippen molar-refractivity contribution in [3.05, 3.63) is 77.7 Å². The number of tetrazole rings is 1. The Morgan fingerprint density at radius 1 is 0.568 bits per heavy atom. The van der Waals surface area contributed by atoms with E-state index in [2.05, 4.69) is 105 Å². The molecule has 2 saturated heterocycles. The van der Waals surface area contributed by atoms with Crippen LogP contribution in [0.4, 0.5) is 0 Å². The number of aromatic nitrogens is 5. The second kappa shape index (κ2) is 68.3. The van der Waals surface area contributed by atoms with Crippen molar-refractivity contribution in [3.63, 3.8) is 0 Å². The van der Waals surface area contributed by atoms with Gasteiger partial charge in [-0.2, -0.15) is 0 Å². The number of carboxylic acid groups (broad SMARTS) is 2. The van der Waals surface area contributed by atoms with E-state index in [9.17, 15) is 97.5 Å². The molecule has 2 fully saturated rings. The minimum atomic E-state index is -2.16. The molecule has 52 nitrogen and oxygen atoms in total. The first-order valence-electron chi connectivity index (χ1n) is 49.1. The number of rotatable bonds is 62. The topological polar surface area (TPSA) is 803 Å². The molecule has 0 aliphatic carbocycles. The first-order valence-corrected chi connectivity index (χ1v) is 49.1. The molecular formula is C94H148N26O26. The molecule has 12 atom stereocenters. The van der Waals surface area contributed by atoms with Crippen LogP contribution in [0.3, 0.4) is 0 Å². The van der Waals surface area contributed by atoms with Crippen LogP contribution < -0.4 is 97.0 Å². The highest BCUT2D eigenvalue weighted by atomic mass is 16.5. The van der Waals surface area contributed by atoms with Gasteiger partial charge in [-0.1, -0.05) is 146 Å². The van der Waals surface area contributed by atoms with E-state index >= 15 is 19.2 Å². The standard InChI is InChI=1S/C93H144N26O26.CH4/c1-2-3-28-63(83(134)109-66-35-37-76(125)98-38-23-22-30-62(82(95)133)105-87(138)68(45-58-47-101-61-29-21-20-27-60(58)61)110-84(135)64(31-24-39-100-93(96)97)106-86(137)67(44-57-25-16-15-17-26-57)111-91(142)72-46-59(122)50-119(72)92(66)143)107-88(139)69(48-102-78(127)51-118(52-80(129)130)53-81(131)132)112-90(141)71(55-121)113-85(136)65(34-36-73(94)123)108-89(140)70(54-120)104-77(126)49-103-79(128)56-145-43-42-144-41-40-99-75(124)33-19-14-12-10-8-6-4-5-7-9-11-13-18-32-74-114-116-117-115-74;/h15-17,20-21,25-27,29,47,59,62-72,101,120-122H,2-14,18-19,22-24,28,30-46,48-56H2,1H3,(H2,94,123)(H2,95,133)(H,98,125)(H,99,124)(H,102,127)(H,103,128)(H,104,126)(H,105,138)(H,106,137)(H,107,139)(H,108,140)(H,109,134)(H,110,135)(H,111,142)(H,112,141)(H,113,136)(H,129,130)(H,131,132)(H4,96,97,100)(H,114,115,116,117);1H4/t59-,62+,63+,64+,65+,66+,67-,68-,69+,70+,71+,72+;/m1./s1. The van der Waals surface area contributed by atoms with Gasteiger partial charge in [0.05, 0.1) is 65.3 Å². The molecule has 6 rings (SSSR count). The first-order chi connectivity index (χ1) is 69.5. The largest absolute Gasteiger partial charge is 0.480 e. The van der Waals surface area contributed by atoms with Crippen LogP contribution in [0.1, 0.15) is 205 Å². The van der Waals surface area contributed by atoms with Crippen LogP contribution in [0.25, 0.3) is 10.9 Å². The van der Waals surface area contributed by atoms with Crippen LogP contribution in [0.5, 0.6) is 0 Å². The SMILES string of the molecule is C.CCCC[C@H](NC(=O)[C@H](CNC(=O)CN(CC(=O)O)CC(=O)O)NC(=O)[C@H](CO)NC(=O)[C@H](CCC(N)=O)NC(=O)[C@H](CO)NC(=O)CNC(=O)COCCOCCNC(=O)CCCCCCCCCCCCCCCc1nnn[nH]1)C(=O)N[C@H]1CCC(=O)NCCCC[C@@H](C(N)=O)NC(=O)[C@@H](Cc2c[nH]c3ccccc23)NC(=O)[C@H](CCCNC(=N)N)NC(=O)[C@@H](Cc2ccccc2)NC(=O)[C@@H]2C[C@@H](O)CN2C1=O. The minimum Gasteiger partial charge on any atom is -0.480 e.